The van der Waals surface area contributed by atoms with Crippen LogP contribution in [0.4, 0.5) is 24.7 Å². The van der Waals surface area contributed by atoms with E-state index >= 15 is 0 Å². The van der Waals surface area contributed by atoms with Crippen LogP contribution in [0.1, 0.15) is 11.3 Å². The second-order valence-electron chi connectivity index (χ2n) is 4.41. The summed E-state index contributed by atoms with van der Waals surface area (Å²) in [5.74, 6) is 0.169. The van der Waals surface area contributed by atoms with Crippen LogP contribution in [0.15, 0.2) is 30.3 Å². The van der Waals surface area contributed by atoms with E-state index in [-0.39, 0.29) is 5.82 Å². The number of rotatable bonds is 1. The molecule has 2 aromatic rings. The molecular weight excluding hydrogens is 291 g/mol. The van der Waals surface area contributed by atoms with Crippen LogP contribution in [0.3, 0.4) is 0 Å². The Morgan fingerprint density at radius 1 is 1.15 bits per heavy atom. The molecule has 1 aromatic heterocycles. The lowest BCUT2D eigenvalue weighted by molar-refractivity contribution is -0.141. The minimum atomic E-state index is -4.54. The van der Waals surface area contributed by atoms with E-state index < -0.39 is 17.2 Å². The van der Waals surface area contributed by atoms with E-state index in [4.69, 9.17) is 11.6 Å². The predicted molar refractivity (Wildman–Crippen MR) is 69.2 cm³/mol. The molecule has 0 aliphatic carbocycles. The van der Waals surface area contributed by atoms with Crippen LogP contribution in [0.25, 0.3) is 0 Å². The van der Waals surface area contributed by atoms with Crippen molar-refractivity contribution in [3.8, 4) is 0 Å². The number of alkyl halides is 3. The van der Waals surface area contributed by atoms with Crippen LogP contribution >= 0.6 is 11.6 Å². The van der Waals surface area contributed by atoms with Crippen LogP contribution in [0.5, 0.6) is 0 Å². The number of fused-ring (bicyclic) bond motifs is 1. The summed E-state index contributed by atoms with van der Waals surface area (Å²) in [7, 11) is 0. The molecule has 0 saturated carbocycles. The molecule has 0 N–H and O–H groups in total. The summed E-state index contributed by atoms with van der Waals surface area (Å²) in [5, 5.41) is -0.404. The van der Waals surface area contributed by atoms with Gasteiger partial charge < -0.3 is 4.90 Å². The molecule has 0 radical (unpaired) electrons. The van der Waals surface area contributed by atoms with Crippen molar-refractivity contribution in [1.29, 1.82) is 0 Å². The SMILES string of the molecule is FC(F)(F)c1cc(N2CCc3ccccc32)nc(Cl)n1. The zero-order chi connectivity index (χ0) is 14.3. The highest BCUT2D eigenvalue weighted by Crippen LogP contribution is 2.36. The first-order chi connectivity index (χ1) is 9.45. The van der Waals surface area contributed by atoms with Gasteiger partial charge in [0, 0.05) is 18.3 Å². The summed E-state index contributed by atoms with van der Waals surface area (Å²) in [6, 6.07) is 8.46. The van der Waals surface area contributed by atoms with Gasteiger partial charge in [-0.15, -0.1) is 0 Å². The number of anilines is 2. The van der Waals surface area contributed by atoms with Gasteiger partial charge in [0.05, 0.1) is 0 Å². The summed E-state index contributed by atoms with van der Waals surface area (Å²) in [6.07, 6.45) is -3.78. The smallest absolute Gasteiger partial charge is 0.326 e. The number of benzene rings is 1. The van der Waals surface area contributed by atoms with Crippen molar-refractivity contribution >= 4 is 23.1 Å². The van der Waals surface area contributed by atoms with Gasteiger partial charge in [-0.05, 0) is 29.7 Å². The Morgan fingerprint density at radius 3 is 2.65 bits per heavy atom. The Kier molecular flexibility index (Phi) is 3.05. The van der Waals surface area contributed by atoms with E-state index in [1.807, 2.05) is 24.3 Å². The monoisotopic (exact) mass is 299 g/mol. The molecule has 0 unspecified atom stereocenters. The molecule has 7 heteroatoms. The summed E-state index contributed by atoms with van der Waals surface area (Å²) in [5.41, 5.74) is 0.906. The largest absolute Gasteiger partial charge is 0.433 e. The molecular formula is C13H9ClF3N3. The highest BCUT2D eigenvalue weighted by molar-refractivity contribution is 6.28. The molecule has 3 nitrogen and oxygen atoms in total. The molecule has 0 saturated heterocycles. The third-order valence-electron chi connectivity index (χ3n) is 3.14. The molecule has 20 heavy (non-hydrogen) atoms. The average Bonchev–Trinajstić information content (AvgIpc) is 2.80. The van der Waals surface area contributed by atoms with Crippen LogP contribution in [-0.2, 0) is 12.6 Å². The Balaban J connectivity index is 2.06. The molecule has 1 aliphatic rings. The second-order valence-corrected chi connectivity index (χ2v) is 4.75. The Labute approximate surface area is 118 Å². The first-order valence-electron chi connectivity index (χ1n) is 5.92. The highest BCUT2D eigenvalue weighted by Gasteiger charge is 2.34. The maximum atomic E-state index is 12.8. The molecule has 0 spiro atoms. The maximum Gasteiger partial charge on any atom is 0.433 e. The van der Waals surface area contributed by atoms with Gasteiger partial charge >= 0.3 is 6.18 Å². The average molecular weight is 300 g/mol. The predicted octanol–water partition coefficient (Wildman–Crippen LogP) is 3.84. The topological polar surface area (TPSA) is 29.0 Å². The standard InChI is InChI=1S/C13H9ClF3N3/c14-12-18-10(13(15,16)17)7-11(19-12)20-6-5-8-3-1-2-4-9(8)20/h1-4,7H,5-6H2. The van der Waals surface area contributed by atoms with Crippen LogP contribution in [0.2, 0.25) is 5.28 Å². The third-order valence-corrected chi connectivity index (χ3v) is 3.31. The Morgan fingerprint density at radius 2 is 1.90 bits per heavy atom. The molecule has 3 rings (SSSR count). The van der Waals surface area contributed by atoms with Crippen LogP contribution in [0, 0.1) is 0 Å². The van der Waals surface area contributed by atoms with Gasteiger partial charge in [0.25, 0.3) is 0 Å². The quantitative estimate of drug-likeness (QED) is 0.749. The summed E-state index contributed by atoms with van der Waals surface area (Å²) in [4.78, 5) is 8.86. The summed E-state index contributed by atoms with van der Waals surface area (Å²) >= 11 is 5.61. The molecule has 0 amide bonds. The van der Waals surface area contributed by atoms with Crippen molar-refractivity contribution in [3.63, 3.8) is 0 Å². The van der Waals surface area contributed by atoms with Crippen LogP contribution in [-0.4, -0.2) is 16.5 Å². The summed E-state index contributed by atoms with van der Waals surface area (Å²) in [6.45, 7) is 0.573. The number of hydrogen-bond acceptors (Lipinski definition) is 3. The summed E-state index contributed by atoms with van der Waals surface area (Å²) < 4.78 is 38.3. The minimum Gasteiger partial charge on any atom is -0.326 e. The van der Waals surface area contributed by atoms with E-state index in [0.29, 0.717) is 6.54 Å². The molecule has 104 valence electrons. The van der Waals surface area contributed by atoms with E-state index in [1.165, 1.54) is 0 Å². The number of hydrogen-bond donors (Lipinski definition) is 0. The Hall–Kier alpha value is -1.82. The van der Waals surface area contributed by atoms with Gasteiger partial charge in [0.15, 0.2) is 5.69 Å². The lowest BCUT2D eigenvalue weighted by Gasteiger charge is -2.19. The normalized spacial score (nSPS) is 14.5. The van der Waals surface area contributed by atoms with Gasteiger partial charge in [-0.1, -0.05) is 18.2 Å². The van der Waals surface area contributed by atoms with E-state index in [2.05, 4.69) is 9.97 Å². The van der Waals surface area contributed by atoms with Crippen molar-refractivity contribution in [2.24, 2.45) is 0 Å². The zero-order valence-corrected chi connectivity index (χ0v) is 10.9. The molecule has 2 heterocycles. The van der Waals surface area contributed by atoms with Gasteiger partial charge in [0.2, 0.25) is 5.28 Å². The van der Waals surface area contributed by atoms with Gasteiger partial charge in [-0.25, -0.2) is 9.97 Å². The molecule has 1 aromatic carbocycles. The number of para-hydroxylation sites is 1. The fourth-order valence-electron chi connectivity index (χ4n) is 2.27. The van der Waals surface area contributed by atoms with Crippen molar-refractivity contribution in [2.45, 2.75) is 12.6 Å². The van der Waals surface area contributed by atoms with E-state index in [9.17, 15) is 13.2 Å². The van der Waals surface area contributed by atoms with Gasteiger partial charge in [-0.3, -0.25) is 0 Å². The number of aromatic nitrogens is 2. The fraction of sp³-hybridized carbons (Fsp3) is 0.231. The number of nitrogens with zero attached hydrogens (tertiary/aromatic N) is 3. The first kappa shape index (κ1) is 13.2. The number of halogens is 4. The molecule has 0 fully saturated rings. The van der Waals surface area contributed by atoms with Crippen molar-refractivity contribution in [1.82, 2.24) is 9.97 Å². The second kappa shape index (κ2) is 4.63. The zero-order valence-electron chi connectivity index (χ0n) is 10.2. The van der Waals surface area contributed by atoms with E-state index in [0.717, 1.165) is 23.7 Å². The van der Waals surface area contributed by atoms with Gasteiger partial charge in [-0.2, -0.15) is 13.2 Å². The molecule has 0 bridgehead atoms. The van der Waals surface area contributed by atoms with Crippen molar-refractivity contribution in [3.05, 3.63) is 46.9 Å². The van der Waals surface area contributed by atoms with Crippen molar-refractivity contribution < 1.29 is 13.2 Å². The first-order valence-corrected chi connectivity index (χ1v) is 6.30. The Bertz CT molecular complexity index is 658. The third kappa shape index (κ3) is 2.31. The van der Waals surface area contributed by atoms with E-state index in [1.54, 1.807) is 4.90 Å². The van der Waals surface area contributed by atoms with Crippen molar-refractivity contribution in [2.75, 3.05) is 11.4 Å². The lowest BCUT2D eigenvalue weighted by atomic mass is 10.2. The maximum absolute atomic E-state index is 12.8. The molecule has 0 atom stereocenters. The highest BCUT2D eigenvalue weighted by atomic mass is 35.5. The minimum absolute atomic E-state index is 0.169. The van der Waals surface area contributed by atoms with Gasteiger partial charge in [0.1, 0.15) is 5.82 Å². The lowest BCUT2D eigenvalue weighted by Crippen LogP contribution is -2.17. The fourth-order valence-corrected chi connectivity index (χ4v) is 2.44. The molecule has 1 aliphatic heterocycles. The van der Waals surface area contributed by atoms with Crippen LogP contribution < -0.4 is 4.90 Å².